The first-order valence-electron chi connectivity index (χ1n) is 17.5. The average molecular weight is 1050 g/mol. The van der Waals surface area contributed by atoms with E-state index in [9.17, 15) is 34.8 Å². The number of hydrogen-bond acceptors (Lipinski definition) is 12. The van der Waals surface area contributed by atoms with Crippen LogP contribution in [-0.2, 0) is 56.2 Å². The van der Waals surface area contributed by atoms with Crippen LogP contribution in [0.1, 0.15) is 37.7 Å². The molecule has 7 rings (SSSR count). The number of hydrogen-bond donors (Lipinski definition) is 2. The number of H-pyrrole nitrogens is 2. The highest BCUT2D eigenvalue weighted by molar-refractivity contribution is 9.10. The van der Waals surface area contributed by atoms with Gasteiger partial charge in [0, 0.05) is 61.3 Å². The van der Waals surface area contributed by atoms with E-state index in [1.807, 2.05) is 10.8 Å². The lowest BCUT2D eigenvalue weighted by Gasteiger charge is -2.08. The quantitative estimate of drug-likeness (QED) is 0.118. The first-order chi connectivity index (χ1) is 28.5. The highest BCUT2D eigenvalue weighted by Crippen LogP contribution is 2.44. The van der Waals surface area contributed by atoms with Crippen molar-refractivity contribution in [1.29, 1.82) is 0 Å². The van der Waals surface area contributed by atoms with Crippen LogP contribution in [0.15, 0.2) is 69.8 Å². The number of halogens is 4. The summed E-state index contributed by atoms with van der Waals surface area (Å²) in [6, 6.07) is 15.2. The Hall–Kier alpha value is -3.72. The van der Waals surface area contributed by atoms with Crippen molar-refractivity contribution < 1.29 is 44.3 Å². The van der Waals surface area contributed by atoms with Gasteiger partial charge in [-0.3, -0.25) is 0 Å². The molecule has 322 valence electrons. The topological polar surface area (TPSA) is 187 Å². The maximum atomic E-state index is 12.7. The molecule has 0 spiro atoms. The maximum absolute atomic E-state index is 12.7. The summed E-state index contributed by atoms with van der Waals surface area (Å²) in [5, 5.41) is 4.76. The zero-order valence-corrected chi connectivity index (χ0v) is 40.5. The molecule has 0 saturated carbocycles. The molecule has 0 aliphatic carbocycles. The predicted molar refractivity (Wildman–Crippen MR) is 250 cm³/mol. The minimum absolute atomic E-state index is 0.136. The summed E-state index contributed by atoms with van der Waals surface area (Å²) in [4.78, 5) is 31.1. The molecule has 7 aromatic rings. The molecule has 3 aromatic carbocycles. The van der Waals surface area contributed by atoms with Crippen molar-refractivity contribution in [3.8, 4) is 33.4 Å². The van der Waals surface area contributed by atoms with E-state index >= 15 is 0 Å². The molecule has 0 amide bonds. The molecule has 12 nitrogen and oxygen atoms in total. The second-order valence-corrected chi connectivity index (χ2v) is 24.3. The minimum Gasteiger partial charge on any atom is -0.464 e. The molecular weight excluding hydrogens is 1020 g/mol. The molecule has 21 heteroatoms. The Bertz CT molecular complexity index is 3230. The van der Waals surface area contributed by atoms with Crippen LogP contribution in [0.25, 0.3) is 53.8 Å². The van der Waals surface area contributed by atoms with Crippen molar-refractivity contribution in [3.63, 3.8) is 0 Å². The van der Waals surface area contributed by atoms with Crippen molar-refractivity contribution in [2.24, 2.45) is 0 Å². The van der Waals surface area contributed by atoms with E-state index in [1.54, 1.807) is 54.6 Å². The Morgan fingerprint density at radius 2 is 0.951 bits per heavy atom. The second kappa shape index (κ2) is 18.2. The van der Waals surface area contributed by atoms with Crippen molar-refractivity contribution in [2.75, 3.05) is 33.0 Å². The Morgan fingerprint density at radius 1 is 0.590 bits per heavy atom. The zero-order valence-electron chi connectivity index (χ0n) is 32.6. The Labute approximate surface area is 383 Å². The van der Waals surface area contributed by atoms with E-state index in [-0.39, 0.29) is 28.0 Å². The monoisotopic (exact) mass is 1050 g/mol. The van der Waals surface area contributed by atoms with Crippen molar-refractivity contribution in [1.82, 2.24) is 9.97 Å². The first-order valence-corrected chi connectivity index (χ1v) is 27.3. The highest BCUT2D eigenvalue weighted by Gasteiger charge is 2.26. The van der Waals surface area contributed by atoms with Crippen LogP contribution >= 0.6 is 73.4 Å². The summed E-state index contributed by atoms with van der Waals surface area (Å²) < 4.78 is 82.1. The molecule has 0 aliphatic heterocycles. The van der Waals surface area contributed by atoms with E-state index in [1.165, 1.54) is 36.9 Å². The van der Waals surface area contributed by atoms with Gasteiger partial charge >= 0.3 is 11.9 Å². The average Bonchev–Trinajstić information content (AvgIpc) is 3.94. The van der Waals surface area contributed by atoms with Crippen LogP contribution in [0.5, 0.6) is 0 Å². The van der Waals surface area contributed by atoms with Gasteiger partial charge in [-0.2, -0.15) is 0 Å². The second-order valence-electron chi connectivity index (χ2n) is 14.0. The zero-order chi connectivity index (χ0) is 44.8. The van der Waals surface area contributed by atoms with Crippen molar-refractivity contribution >= 4 is 135 Å². The van der Waals surface area contributed by atoms with E-state index < -0.39 is 41.5 Å². The number of benzene rings is 3. The third-order valence-electron chi connectivity index (χ3n) is 9.07. The number of fused-ring (bicyclic) bond motifs is 2. The number of methoxy groups -OCH3 is 2. The van der Waals surface area contributed by atoms with Gasteiger partial charge in [0.2, 0.25) is 0 Å². The summed E-state index contributed by atoms with van der Waals surface area (Å²) in [7, 11) is -7.12. The number of aromatic nitrogens is 2. The number of carbonyl (C=O) groups is 2. The lowest BCUT2D eigenvalue weighted by atomic mass is 10.0. The fourth-order valence-electron chi connectivity index (χ4n) is 6.50. The molecule has 0 atom stereocenters. The van der Waals surface area contributed by atoms with Gasteiger partial charge in [0.1, 0.15) is 11.4 Å². The van der Waals surface area contributed by atoms with Gasteiger partial charge in [0.05, 0.1) is 56.4 Å². The Kier molecular flexibility index (Phi) is 13.9. The summed E-state index contributed by atoms with van der Waals surface area (Å²) in [5.41, 5.74) is 7.65. The third-order valence-corrected chi connectivity index (χ3v) is 15.6. The van der Waals surface area contributed by atoms with Crippen molar-refractivity contribution in [3.05, 3.63) is 113 Å². The molecule has 0 fully saturated rings. The van der Waals surface area contributed by atoms with Crippen LogP contribution in [0, 0.1) is 0 Å². The van der Waals surface area contributed by atoms with Crippen LogP contribution < -0.4 is 0 Å². The Morgan fingerprint density at radius 3 is 1.34 bits per heavy atom. The number of esters is 2. The summed E-state index contributed by atoms with van der Waals surface area (Å²) >= 11 is 25.4. The summed E-state index contributed by atoms with van der Waals surface area (Å²) in [6.07, 6.45) is 3.44. The SMILES string of the molecule is COC(=O)c1[nH]c2c(-c3ccc(CS(C)(=O)=O)c(Cl)c3)csc2c1-c1ccc(CS(C)(=O)=O)c(Cl)c1.COC(=O)c1[nH]c2c(Br)csc2c1-c1ccc(CS(C)(=O)=O)c(Cl)c1. The smallest absolute Gasteiger partial charge is 0.355 e. The van der Waals surface area contributed by atoms with Gasteiger partial charge in [-0.25, -0.2) is 34.8 Å². The fraction of sp³-hybridized carbons (Fsp3) is 0.200. The van der Waals surface area contributed by atoms with Gasteiger partial charge in [-0.05, 0) is 67.5 Å². The van der Waals surface area contributed by atoms with Crippen molar-refractivity contribution in [2.45, 2.75) is 17.3 Å². The normalized spacial score (nSPS) is 12.1. The van der Waals surface area contributed by atoms with Crippen LogP contribution in [0.3, 0.4) is 0 Å². The lowest BCUT2D eigenvalue weighted by molar-refractivity contribution is 0.0587. The standard InChI is InChI=1S/C24H21Cl2NO6S3.C16H13BrClNO4S2/c1-33-24(28)22-20(14-5-7-16(19(26)9-14)12-36(3,31)32)23-21(27-22)17(10-34-23)13-4-6-15(18(25)8-13)11-35(2,29)30;1-23-16(20)14-12(15-13(19-14)10(17)6-24-15)8-3-4-9(11(18)5-8)7-25(2,21)22/h4-10,27H,11-12H2,1-3H3;3-6,19H,7H2,1-2H3. The van der Waals surface area contributed by atoms with Gasteiger partial charge in [-0.1, -0.05) is 71.2 Å². The molecule has 4 heterocycles. The number of rotatable bonds is 11. The van der Waals surface area contributed by atoms with Crippen LogP contribution in [-0.4, -0.2) is 80.1 Å². The molecule has 0 radical (unpaired) electrons. The number of ether oxygens (including phenoxy) is 2. The molecular formula is C40H34BrCl3N2O10S5. The molecule has 2 N–H and O–H groups in total. The van der Waals surface area contributed by atoms with E-state index in [0.717, 1.165) is 49.3 Å². The third kappa shape index (κ3) is 10.7. The molecule has 61 heavy (non-hydrogen) atoms. The van der Waals surface area contributed by atoms with E-state index in [4.69, 9.17) is 44.3 Å². The number of sulfone groups is 3. The fourth-order valence-corrected chi connectivity index (χ4v) is 12.7. The largest absolute Gasteiger partial charge is 0.464 e. The van der Waals surface area contributed by atoms with Gasteiger partial charge in [-0.15, -0.1) is 22.7 Å². The van der Waals surface area contributed by atoms with E-state index in [0.29, 0.717) is 60.2 Å². The maximum Gasteiger partial charge on any atom is 0.355 e. The van der Waals surface area contributed by atoms with Crippen LogP contribution in [0.2, 0.25) is 15.1 Å². The Balaban J connectivity index is 0.000000218. The molecule has 0 aliphatic rings. The lowest BCUT2D eigenvalue weighted by Crippen LogP contribution is -2.04. The summed E-state index contributed by atoms with van der Waals surface area (Å²) in [6.45, 7) is 0. The molecule has 0 saturated heterocycles. The number of thiophene rings is 2. The van der Waals surface area contributed by atoms with E-state index in [2.05, 4.69) is 25.9 Å². The minimum atomic E-state index is -3.28. The molecule has 0 bridgehead atoms. The predicted octanol–water partition coefficient (Wildman–Crippen LogP) is 10.4. The first kappa shape index (κ1) is 46.8. The molecule has 4 aromatic heterocycles. The summed E-state index contributed by atoms with van der Waals surface area (Å²) in [5.74, 6) is -1.56. The highest BCUT2D eigenvalue weighted by atomic mass is 79.9. The molecule has 0 unspecified atom stereocenters. The number of nitrogens with one attached hydrogen (secondary N) is 2. The van der Waals surface area contributed by atoms with Crippen LogP contribution in [0.4, 0.5) is 0 Å². The number of carbonyl (C=O) groups excluding carboxylic acids is 2. The van der Waals surface area contributed by atoms with Gasteiger partial charge < -0.3 is 19.4 Å². The van der Waals surface area contributed by atoms with Gasteiger partial charge in [0.15, 0.2) is 29.5 Å². The number of aromatic amines is 2. The van der Waals surface area contributed by atoms with Gasteiger partial charge in [0.25, 0.3) is 0 Å².